The lowest BCUT2D eigenvalue weighted by molar-refractivity contribution is 0.157. The molecule has 0 amide bonds. The van der Waals surface area contributed by atoms with Gasteiger partial charge in [0.1, 0.15) is 0 Å². The lowest BCUT2D eigenvalue weighted by atomic mass is 10.0. The summed E-state index contributed by atoms with van der Waals surface area (Å²) in [7, 11) is 0. The van der Waals surface area contributed by atoms with Crippen molar-refractivity contribution in [1.29, 1.82) is 0 Å². The van der Waals surface area contributed by atoms with Gasteiger partial charge in [0.25, 0.3) is 0 Å². The third-order valence-electron chi connectivity index (χ3n) is 2.67. The molecule has 90 valence electrons. The predicted molar refractivity (Wildman–Crippen MR) is 60.1 cm³/mol. The fourth-order valence-electron chi connectivity index (χ4n) is 1.70. The number of rotatable bonds is 6. The Bertz CT molecular complexity index is 326. The van der Waals surface area contributed by atoms with Gasteiger partial charge in [-0.3, -0.25) is 0 Å². The summed E-state index contributed by atoms with van der Waals surface area (Å²) in [4.78, 5) is 0. The molecule has 1 rings (SSSR count). The summed E-state index contributed by atoms with van der Waals surface area (Å²) in [6, 6.07) is 3.91. The van der Waals surface area contributed by atoms with Crippen molar-refractivity contribution in [3.63, 3.8) is 0 Å². The van der Waals surface area contributed by atoms with Crippen LogP contribution < -0.4 is 0 Å². The minimum atomic E-state index is -0.925. The Labute approximate surface area is 95.1 Å². The van der Waals surface area contributed by atoms with E-state index in [0.717, 1.165) is 31.7 Å². The van der Waals surface area contributed by atoms with Gasteiger partial charge in [0.15, 0.2) is 11.6 Å². The molecule has 0 fully saturated rings. The molecule has 1 nitrogen and oxygen atoms in total. The van der Waals surface area contributed by atoms with E-state index in [-0.39, 0.29) is 5.56 Å². The van der Waals surface area contributed by atoms with E-state index in [4.69, 9.17) is 0 Å². The highest BCUT2D eigenvalue weighted by Crippen LogP contribution is 2.23. The van der Waals surface area contributed by atoms with Crippen LogP contribution in [0.2, 0.25) is 0 Å². The maximum Gasteiger partial charge on any atom is 0.164 e. The predicted octanol–water partition coefficient (Wildman–Crippen LogP) is 3.97. The molecule has 0 aliphatic carbocycles. The molecule has 0 saturated heterocycles. The van der Waals surface area contributed by atoms with Gasteiger partial charge in [-0.1, -0.05) is 44.7 Å². The molecule has 0 aromatic heterocycles. The Hall–Kier alpha value is -0.960. The summed E-state index contributed by atoms with van der Waals surface area (Å²) in [6.07, 6.45) is 3.67. The van der Waals surface area contributed by atoms with Gasteiger partial charge in [-0.05, 0) is 12.5 Å². The Morgan fingerprint density at radius 3 is 2.62 bits per heavy atom. The first-order valence-corrected chi connectivity index (χ1v) is 5.78. The molecular weight excluding hydrogens is 210 g/mol. The van der Waals surface area contributed by atoms with Gasteiger partial charge >= 0.3 is 0 Å². The van der Waals surface area contributed by atoms with Gasteiger partial charge in [0.05, 0.1) is 6.10 Å². The van der Waals surface area contributed by atoms with Gasteiger partial charge in [0, 0.05) is 5.56 Å². The van der Waals surface area contributed by atoms with E-state index in [1.165, 1.54) is 12.1 Å². The average Bonchev–Trinajstić information content (AvgIpc) is 2.28. The molecule has 0 aliphatic heterocycles. The van der Waals surface area contributed by atoms with Crippen LogP contribution in [-0.4, -0.2) is 5.11 Å². The summed E-state index contributed by atoms with van der Waals surface area (Å²) >= 11 is 0. The summed E-state index contributed by atoms with van der Waals surface area (Å²) in [5, 5.41) is 9.72. The first-order chi connectivity index (χ1) is 7.66. The first-order valence-electron chi connectivity index (χ1n) is 5.78. The van der Waals surface area contributed by atoms with E-state index in [1.54, 1.807) is 0 Å². The van der Waals surface area contributed by atoms with Crippen LogP contribution in [0.4, 0.5) is 8.78 Å². The lowest BCUT2D eigenvalue weighted by Crippen LogP contribution is -2.02. The molecule has 3 heteroatoms. The second-order valence-corrected chi connectivity index (χ2v) is 4.01. The molecule has 0 heterocycles. The van der Waals surface area contributed by atoms with Crippen LogP contribution in [0.1, 0.15) is 50.7 Å². The number of hydrogen-bond acceptors (Lipinski definition) is 1. The fraction of sp³-hybridized carbons (Fsp3) is 0.538. The summed E-state index contributed by atoms with van der Waals surface area (Å²) in [5.74, 6) is -1.82. The molecule has 1 N–H and O–H groups in total. The Kier molecular flexibility index (Phi) is 5.39. The largest absolute Gasteiger partial charge is 0.388 e. The molecule has 0 saturated carbocycles. The average molecular weight is 228 g/mol. The molecule has 0 radical (unpaired) electrons. The molecule has 16 heavy (non-hydrogen) atoms. The third kappa shape index (κ3) is 3.56. The van der Waals surface area contributed by atoms with Gasteiger partial charge in [-0.2, -0.15) is 0 Å². The second-order valence-electron chi connectivity index (χ2n) is 4.01. The monoisotopic (exact) mass is 228 g/mol. The van der Waals surface area contributed by atoms with Crippen LogP contribution in [-0.2, 0) is 0 Å². The molecule has 0 aliphatic rings. The molecule has 0 bridgehead atoms. The Balaban J connectivity index is 2.52. The normalized spacial score (nSPS) is 12.8. The summed E-state index contributed by atoms with van der Waals surface area (Å²) < 4.78 is 26.2. The molecule has 1 atom stereocenters. The lowest BCUT2D eigenvalue weighted by Gasteiger charge is -2.11. The zero-order chi connectivity index (χ0) is 12.0. The van der Waals surface area contributed by atoms with Crippen LogP contribution in [0.15, 0.2) is 18.2 Å². The number of halogens is 2. The number of aliphatic hydroxyl groups is 1. The van der Waals surface area contributed by atoms with Gasteiger partial charge in [-0.15, -0.1) is 0 Å². The molecule has 1 aromatic rings. The van der Waals surface area contributed by atoms with E-state index in [2.05, 4.69) is 6.92 Å². The van der Waals surface area contributed by atoms with Crippen molar-refractivity contribution in [2.75, 3.05) is 0 Å². The van der Waals surface area contributed by atoms with Gasteiger partial charge in [-0.25, -0.2) is 8.78 Å². The van der Waals surface area contributed by atoms with Gasteiger partial charge in [0.2, 0.25) is 0 Å². The van der Waals surface area contributed by atoms with Crippen molar-refractivity contribution in [1.82, 2.24) is 0 Å². The fourth-order valence-corrected chi connectivity index (χ4v) is 1.70. The van der Waals surface area contributed by atoms with E-state index < -0.39 is 17.7 Å². The quantitative estimate of drug-likeness (QED) is 0.730. The smallest absolute Gasteiger partial charge is 0.164 e. The van der Waals surface area contributed by atoms with Crippen molar-refractivity contribution >= 4 is 0 Å². The number of benzene rings is 1. The summed E-state index contributed by atoms with van der Waals surface area (Å²) in [6.45, 7) is 2.10. The zero-order valence-corrected chi connectivity index (χ0v) is 9.55. The highest BCUT2D eigenvalue weighted by molar-refractivity contribution is 5.21. The van der Waals surface area contributed by atoms with Crippen LogP contribution >= 0.6 is 0 Å². The van der Waals surface area contributed by atoms with E-state index >= 15 is 0 Å². The molecule has 1 aromatic carbocycles. The van der Waals surface area contributed by atoms with Crippen molar-refractivity contribution in [2.24, 2.45) is 0 Å². The summed E-state index contributed by atoms with van der Waals surface area (Å²) in [5.41, 5.74) is 0.0662. The maximum atomic E-state index is 13.3. The topological polar surface area (TPSA) is 20.2 Å². The molecule has 0 spiro atoms. The van der Waals surface area contributed by atoms with Crippen LogP contribution in [0.25, 0.3) is 0 Å². The standard InChI is InChI=1S/C13H18F2O/c1-2-3-4-5-9-12(16)10-7-6-8-11(14)13(10)15/h6-8,12,16H,2-5,9H2,1H3/t12-/m0/s1. The Morgan fingerprint density at radius 1 is 1.19 bits per heavy atom. The first kappa shape index (κ1) is 13.1. The number of aliphatic hydroxyl groups excluding tert-OH is 1. The van der Waals surface area contributed by atoms with Crippen LogP contribution in [0.3, 0.4) is 0 Å². The van der Waals surface area contributed by atoms with E-state index in [9.17, 15) is 13.9 Å². The Morgan fingerprint density at radius 2 is 1.94 bits per heavy atom. The minimum Gasteiger partial charge on any atom is -0.388 e. The van der Waals surface area contributed by atoms with Crippen LogP contribution in [0, 0.1) is 11.6 Å². The highest BCUT2D eigenvalue weighted by atomic mass is 19.2. The third-order valence-corrected chi connectivity index (χ3v) is 2.67. The second kappa shape index (κ2) is 6.59. The van der Waals surface area contributed by atoms with Crippen molar-refractivity contribution < 1.29 is 13.9 Å². The SMILES string of the molecule is CCCCCC[C@H](O)c1cccc(F)c1F. The number of unbranched alkanes of at least 4 members (excludes halogenated alkanes) is 3. The highest BCUT2D eigenvalue weighted by Gasteiger charge is 2.14. The van der Waals surface area contributed by atoms with E-state index in [1.807, 2.05) is 0 Å². The van der Waals surface area contributed by atoms with Crippen molar-refractivity contribution in [3.8, 4) is 0 Å². The van der Waals surface area contributed by atoms with Crippen LogP contribution in [0.5, 0.6) is 0 Å². The van der Waals surface area contributed by atoms with Crippen molar-refractivity contribution in [2.45, 2.75) is 45.1 Å². The number of hydrogen-bond donors (Lipinski definition) is 1. The molecule has 0 unspecified atom stereocenters. The maximum absolute atomic E-state index is 13.3. The van der Waals surface area contributed by atoms with Crippen molar-refractivity contribution in [3.05, 3.63) is 35.4 Å². The minimum absolute atomic E-state index is 0.0662. The zero-order valence-electron chi connectivity index (χ0n) is 9.55. The van der Waals surface area contributed by atoms with Gasteiger partial charge < -0.3 is 5.11 Å². The van der Waals surface area contributed by atoms with E-state index in [0.29, 0.717) is 6.42 Å². The molecular formula is C13H18F2O.